The van der Waals surface area contributed by atoms with Crippen LogP contribution < -0.4 is 4.90 Å². The number of aryl methyl sites for hydroxylation is 2. The highest BCUT2D eigenvalue weighted by atomic mass is 16.2. The maximum Gasteiger partial charge on any atom is 0.229 e. The maximum atomic E-state index is 13.6. The maximum absolute atomic E-state index is 13.6. The van der Waals surface area contributed by atoms with Crippen molar-refractivity contribution in [2.75, 3.05) is 24.5 Å². The first-order valence-corrected chi connectivity index (χ1v) is 11.0. The lowest BCUT2D eigenvalue weighted by Gasteiger charge is -2.46. The lowest BCUT2D eigenvalue weighted by Crippen LogP contribution is -2.53. The van der Waals surface area contributed by atoms with Crippen LogP contribution in [0, 0.1) is 19.3 Å². The Labute approximate surface area is 177 Å². The van der Waals surface area contributed by atoms with Gasteiger partial charge in [0, 0.05) is 49.5 Å². The summed E-state index contributed by atoms with van der Waals surface area (Å²) in [5, 5.41) is 1.22. The van der Waals surface area contributed by atoms with Crippen molar-refractivity contribution in [3.05, 3.63) is 53.6 Å². The smallest absolute Gasteiger partial charge is 0.229 e. The molecule has 30 heavy (non-hydrogen) atoms. The number of H-pyrrole nitrogens is 1. The summed E-state index contributed by atoms with van der Waals surface area (Å²) >= 11 is 0. The Balaban J connectivity index is 1.32. The van der Waals surface area contributed by atoms with Crippen molar-refractivity contribution in [2.24, 2.45) is 5.41 Å². The predicted octanol–water partition coefficient (Wildman–Crippen LogP) is 3.98. The van der Waals surface area contributed by atoms with E-state index in [1.54, 1.807) is 0 Å². The number of fused-ring (bicyclic) bond motifs is 1. The van der Waals surface area contributed by atoms with Gasteiger partial charge in [0.15, 0.2) is 0 Å². The third-order valence-electron chi connectivity index (χ3n) is 6.93. The van der Waals surface area contributed by atoms with Crippen molar-refractivity contribution in [2.45, 2.75) is 46.1 Å². The Morgan fingerprint density at radius 1 is 1.10 bits per heavy atom. The predicted molar refractivity (Wildman–Crippen MR) is 118 cm³/mol. The minimum atomic E-state index is -0.216. The first-order valence-electron chi connectivity index (χ1n) is 11.0. The number of para-hydroxylation sites is 1. The van der Waals surface area contributed by atoms with E-state index >= 15 is 0 Å². The van der Waals surface area contributed by atoms with Crippen molar-refractivity contribution in [1.29, 1.82) is 0 Å². The molecule has 2 saturated heterocycles. The normalized spacial score (nSPS) is 19.1. The average molecular weight is 404 g/mol. The van der Waals surface area contributed by atoms with Crippen LogP contribution in [0.5, 0.6) is 0 Å². The van der Waals surface area contributed by atoms with Gasteiger partial charge in [0.2, 0.25) is 5.91 Å². The zero-order valence-corrected chi connectivity index (χ0v) is 17.8. The van der Waals surface area contributed by atoms with Crippen molar-refractivity contribution in [3.8, 4) is 0 Å². The Kier molecular flexibility index (Phi) is 4.72. The Hall–Kier alpha value is -2.89. The molecule has 0 saturated carbocycles. The summed E-state index contributed by atoms with van der Waals surface area (Å²) in [6.07, 6.45) is 7.75. The van der Waals surface area contributed by atoms with Gasteiger partial charge in [-0.15, -0.1) is 0 Å². The van der Waals surface area contributed by atoms with E-state index in [2.05, 4.69) is 44.2 Å². The number of benzene rings is 1. The molecule has 156 valence electrons. The fourth-order valence-electron chi connectivity index (χ4n) is 5.21. The topological polar surface area (TPSA) is 65.1 Å². The van der Waals surface area contributed by atoms with E-state index in [1.165, 1.54) is 10.9 Å². The summed E-state index contributed by atoms with van der Waals surface area (Å²) < 4.78 is 0. The lowest BCUT2D eigenvalue weighted by atomic mass is 9.71. The highest BCUT2D eigenvalue weighted by molar-refractivity contribution is 5.86. The van der Waals surface area contributed by atoms with Crippen molar-refractivity contribution in [1.82, 2.24) is 19.9 Å². The van der Waals surface area contributed by atoms with Crippen LogP contribution in [0.25, 0.3) is 10.9 Å². The summed E-state index contributed by atoms with van der Waals surface area (Å²) in [5.41, 5.74) is 4.03. The van der Waals surface area contributed by atoms with Crippen LogP contribution in [-0.2, 0) is 11.3 Å². The van der Waals surface area contributed by atoms with Crippen LogP contribution >= 0.6 is 0 Å². The number of anilines is 1. The van der Waals surface area contributed by atoms with Gasteiger partial charge in [-0.1, -0.05) is 18.2 Å². The number of likely N-dealkylation sites (tertiary alicyclic amines) is 1. The molecule has 0 aliphatic carbocycles. The fourth-order valence-corrected chi connectivity index (χ4v) is 5.21. The van der Waals surface area contributed by atoms with E-state index in [0.717, 1.165) is 68.0 Å². The van der Waals surface area contributed by atoms with Crippen molar-refractivity contribution in [3.63, 3.8) is 0 Å². The molecule has 6 heteroatoms. The van der Waals surface area contributed by atoms with E-state index in [9.17, 15) is 4.79 Å². The second-order valence-corrected chi connectivity index (χ2v) is 8.88. The average Bonchev–Trinajstić information content (AvgIpc) is 3.17. The summed E-state index contributed by atoms with van der Waals surface area (Å²) in [4.78, 5) is 30.5. The molecule has 0 bridgehead atoms. The largest absolute Gasteiger partial charge is 0.361 e. The lowest BCUT2D eigenvalue weighted by molar-refractivity contribution is -0.148. The molecule has 1 N–H and O–H groups in total. The number of nitrogens with one attached hydrogen (secondary N) is 1. The number of hydrogen-bond donors (Lipinski definition) is 1. The molecule has 4 heterocycles. The van der Waals surface area contributed by atoms with Gasteiger partial charge >= 0.3 is 0 Å². The third kappa shape index (κ3) is 3.24. The first-order chi connectivity index (χ1) is 14.6. The van der Waals surface area contributed by atoms with E-state index in [0.29, 0.717) is 12.5 Å². The highest BCUT2D eigenvalue weighted by Gasteiger charge is 2.46. The standard InChI is InChI=1S/C24H29N5O/c1-17-14-25-18(2)22(27-17)28-12-9-24(10-13-28)8-5-11-29(23(24)30)16-19-15-26-21-7-4-3-6-20(19)21/h3-4,6-7,14-15,26H,5,8-13,16H2,1-2H3. The Morgan fingerprint density at radius 3 is 2.73 bits per heavy atom. The zero-order valence-electron chi connectivity index (χ0n) is 17.8. The number of rotatable bonds is 3. The number of nitrogens with zero attached hydrogens (tertiary/aromatic N) is 4. The van der Waals surface area contributed by atoms with Gasteiger partial charge in [-0.2, -0.15) is 0 Å². The quantitative estimate of drug-likeness (QED) is 0.718. The summed E-state index contributed by atoms with van der Waals surface area (Å²) in [6, 6.07) is 8.32. The molecule has 0 radical (unpaired) electrons. The van der Waals surface area contributed by atoms with Crippen LogP contribution in [0.15, 0.2) is 36.7 Å². The molecule has 2 aliphatic heterocycles. The molecule has 1 aromatic carbocycles. The van der Waals surface area contributed by atoms with Gasteiger partial charge < -0.3 is 14.8 Å². The molecule has 3 aromatic rings. The monoisotopic (exact) mass is 403 g/mol. The minimum absolute atomic E-state index is 0.216. The van der Waals surface area contributed by atoms with E-state index in [4.69, 9.17) is 4.98 Å². The minimum Gasteiger partial charge on any atom is -0.361 e. The van der Waals surface area contributed by atoms with E-state index in [-0.39, 0.29) is 5.41 Å². The summed E-state index contributed by atoms with van der Waals surface area (Å²) in [7, 11) is 0. The van der Waals surface area contributed by atoms with Crippen molar-refractivity contribution >= 4 is 22.6 Å². The van der Waals surface area contributed by atoms with Gasteiger partial charge in [0.1, 0.15) is 5.82 Å². The molecule has 5 rings (SSSR count). The number of carbonyl (C=O) groups excluding carboxylic acids is 1. The van der Waals surface area contributed by atoms with Crippen LogP contribution in [0.1, 0.15) is 42.6 Å². The SMILES string of the molecule is Cc1cnc(C)c(N2CCC3(CCCN(Cc4c[nH]c5ccccc45)C3=O)CC2)n1. The number of hydrogen-bond acceptors (Lipinski definition) is 4. The van der Waals surface area contributed by atoms with E-state index < -0.39 is 0 Å². The first kappa shape index (κ1) is 19.1. The third-order valence-corrected chi connectivity index (χ3v) is 6.93. The second-order valence-electron chi connectivity index (χ2n) is 8.88. The number of piperidine rings is 2. The van der Waals surface area contributed by atoms with Crippen LogP contribution in [0.3, 0.4) is 0 Å². The summed E-state index contributed by atoms with van der Waals surface area (Å²) in [5.74, 6) is 1.31. The van der Waals surface area contributed by atoms with Gasteiger partial charge in [-0.3, -0.25) is 9.78 Å². The highest BCUT2D eigenvalue weighted by Crippen LogP contribution is 2.42. The molecule has 2 aromatic heterocycles. The molecule has 2 aliphatic rings. The molecule has 0 atom stereocenters. The Morgan fingerprint density at radius 2 is 1.90 bits per heavy atom. The zero-order chi connectivity index (χ0) is 20.7. The number of aromatic amines is 1. The molecule has 6 nitrogen and oxygen atoms in total. The van der Waals surface area contributed by atoms with Gasteiger partial charge in [-0.05, 0) is 51.2 Å². The number of carbonyl (C=O) groups is 1. The van der Waals surface area contributed by atoms with Crippen molar-refractivity contribution < 1.29 is 4.79 Å². The molecular formula is C24H29N5O. The van der Waals surface area contributed by atoms with Crippen LogP contribution in [0.4, 0.5) is 5.82 Å². The molecular weight excluding hydrogens is 374 g/mol. The number of amides is 1. The summed E-state index contributed by atoms with van der Waals surface area (Å²) in [6.45, 7) is 7.27. The van der Waals surface area contributed by atoms with Gasteiger partial charge in [0.25, 0.3) is 0 Å². The van der Waals surface area contributed by atoms with Crippen LogP contribution in [0.2, 0.25) is 0 Å². The van der Waals surface area contributed by atoms with Gasteiger partial charge in [0.05, 0.1) is 16.8 Å². The molecule has 1 amide bonds. The molecule has 0 unspecified atom stereocenters. The van der Waals surface area contributed by atoms with Crippen LogP contribution in [-0.4, -0.2) is 45.4 Å². The fraction of sp³-hybridized carbons (Fsp3) is 0.458. The van der Waals surface area contributed by atoms with Gasteiger partial charge in [-0.25, -0.2) is 4.98 Å². The molecule has 1 spiro atoms. The molecule has 2 fully saturated rings. The van der Waals surface area contributed by atoms with E-state index in [1.807, 2.05) is 26.1 Å². The second kappa shape index (κ2) is 7.42. The number of aromatic nitrogens is 3. The Bertz CT molecular complexity index is 1080.